The lowest BCUT2D eigenvalue weighted by Gasteiger charge is -2.29. The predicted octanol–water partition coefficient (Wildman–Crippen LogP) is 4.04. The third-order valence-corrected chi connectivity index (χ3v) is 6.53. The predicted molar refractivity (Wildman–Crippen MR) is 135 cm³/mol. The highest BCUT2D eigenvalue weighted by molar-refractivity contribution is 6.05. The molecule has 0 bridgehead atoms. The number of aromatic nitrogens is 4. The molecular formula is C26H29N7O. The summed E-state index contributed by atoms with van der Waals surface area (Å²) in [6, 6.07) is 16.0. The Morgan fingerprint density at radius 3 is 2.41 bits per heavy atom. The molecule has 0 atom stereocenters. The van der Waals surface area contributed by atoms with Crippen LogP contribution in [0.25, 0.3) is 21.8 Å². The van der Waals surface area contributed by atoms with E-state index in [9.17, 15) is 4.79 Å². The first-order valence-corrected chi connectivity index (χ1v) is 11.8. The molecular weight excluding hydrogens is 426 g/mol. The van der Waals surface area contributed by atoms with Crippen LogP contribution in [-0.4, -0.2) is 52.8 Å². The fraction of sp³-hybridized carbons (Fsp3) is 0.346. The number of amides is 1. The van der Waals surface area contributed by atoms with Gasteiger partial charge in [0, 0.05) is 37.5 Å². The summed E-state index contributed by atoms with van der Waals surface area (Å²) in [5, 5.41) is 16.6. The number of benzene rings is 2. The van der Waals surface area contributed by atoms with E-state index in [4.69, 9.17) is 9.97 Å². The maximum atomic E-state index is 12.8. The summed E-state index contributed by atoms with van der Waals surface area (Å²) in [7, 11) is 4.01. The smallest absolute Gasteiger partial charge is 0.253 e. The molecule has 8 nitrogen and oxygen atoms in total. The van der Waals surface area contributed by atoms with Gasteiger partial charge >= 0.3 is 0 Å². The van der Waals surface area contributed by atoms with Crippen LogP contribution in [0.15, 0.2) is 54.7 Å². The largest absolute Gasteiger partial charge is 0.362 e. The molecule has 1 aliphatic carbocycles. The van der Waals surface area contributed by atoms with Crippen molar-refractivity contribution in [3.8, 4) is 0 Å². The first-order chi connectivity index (χ1) is 16.6. The van der Waals surface area contributed by atoms with Crippen molar-refractivity contribution in [3.63, 3.8) is 0 Å². The summed E-state index contributed by atoms with van der Waals surface area (Å²) >= 11 is 0. The Hall–Kier alpha value is -3.81. The van der Waals surface area contributed by atoms with Gasteiger partial charge in [0.05, 0.1) is 22.8 Å². The van der Waals surface area contributed by atoms with Crippen molar-refractivity contribution >= 4 is 39.5 Å². The molecule has 4 aromatic rings. The Bertz CT molecular complexity index is 1310. The number of para-hydroxylation sites is 1. The first kappa shape index (κ1) is 22.0. The molecule has 8 heteroatoms. The second kappa shape index (κ2) is 9.59. The van der Waals surface area contributed by atoms with E-state index in [0.717, 1.165) is 53.3 Å². The number of nitrogens with one attached hydrogen (secondary N) is 2. The summed E-state index contributed by atoms with van der Waals surface area (Å²) in [5.74, 6) is 1.96. The Morgan fingerprint density at radius 1 is 0.941 bits per heavy atom. The molecule has 34 heavy (non-hydrogen) atoms. The molecule has 5 rings (SSSR count). The Balaban J connectivity index is 1.17. The number of anilines is 2. The zero-order chi connectivity index (χ0) is 23.5. The topological polar surface area (TPSA) is 95.9 Å². The molecule has 174 valence electrons. The third-order valence-electron chi connectivity index (χ3n) is 6.53. The van der Waals surface area contributed by atoms with Crippen molar-refractivity contribution in [2.45, 2.75) is 31.7 Å². The maximum absolute atomic E-state index is 12.8. The van der Waals surface area contributed by atoms with Gasteiger partial charge in [0.25, 0.3) is 5.91 Å². The van der Waals surface area contributed by atoms with Crippen molar-refractivity contribution in [1.29, 1.82) is 0 Å². The standard InChI is InChI=1S/C26H29N7O/c1-33(2)24-20-8-4-5-9-22(20)30-26(31-24)29-18-13-11-17(12-14-18)15-27-25(34)21-16-28-32-23-10-6-3-7-19(21)23/h3-10,16-18H,11-15H2,1-2H3,(H,27,34)(H,29,30,31). The van der Waals surface area contributed by atoms with Gasteiger partial charge in [-0.05, 0) is 49.8 Å². The van der Waals surface area contributed by atoms with Crippen LogP contribution in [-0.2, 0) is 0 Å². The summed E-state index contributed by atoms with van der Waals surface area (Å²) in [6.45, 7) is 0.666. The summed E-state index contributed by atoms with van der Waals surface area (Å²) in [4.78, 5) is 24.3. The normalized spacial score (nSPS) is 18.1. The van der Waals surface area contributed by atoms with Crippen LogP contribution >= 0.6 is 0 Å². The summed E-state index contributed by atoms with van der Waals surface area (Å²) in [6.07, 6.45) is 5.67. The van der Waals surface area contributed by atoms with Crippen molar-refractivity contribution in [3.05, 3.63) is 60.3 Å². The number of rotatable bonds is 6. The van der Waals surface area contributed by atoms with E-state index in [1.54, 1.807) is 6.20 Å². The van der Waals surface area contributed by atoms with Gasteiger partial charge in [0.2, 0.25) is 5.95 Å². The molecule has 0 saturated heterocycles. The van der Waals surface area contributed by atoms with Gasteiger partial charge in [-0.1, -0.05) is 30.3 Å². The van der Waals surface area contributed by atoms with Gasteiger partial charge in [-0.2, -0.15) is 15.2 Å². The van der Waals surface area contributed by atoms with Crippen LogP contribution in [0.1, 0.15) is 36.0 Å². The highest BCUT2D eigenvalue weighted by atomic mass is 16.1. The highest BCUT2D eigenvalue weighted by Crippen LogP contribution is 2.28. The van der Waals surface area contributed by atoms with Crippen molar-refractivity contribution < 1.29 is 4.79 Å². The second-order valence-electron chi connectivity index (χ2n) is 9.13. The van der Waals surface area contributed by atoms with Crippen LogP contribution < -0.4 is 15.5 Å². The highest BCUT2D eigenvalue weighted by Gasteiger charge is 2.23. The Labute approximate surface area is 198 Å². The van der Waals surface area contributed by atoms with Crippen molar-refractivity contribution in [1.82, 2.24) is 25.5 Å². The molecule has 2 aromatic heterocycles. The lowest BCUT2D eigenvalue weighted by Crippen LogP contribution is -2.34. The minimum absolute atomic E-state index is 0.0906. The van der Waals surface area contributed by atoms with Crippen LogP contribution in [0, 0.1) is 5.92 Å². The molecule has 0 spiro atoms. The summed E-state index contributed by atoms with van der Waals surface area (Å²) in [5.41, 5.74) is 2.25. The molecule has 1 saturated carbocycles. The lowest BCUT2D eigenvalue weighted by molar-refractivity contribution is 0.0944. The SMILES string of the molecule is CN(C)c1nc(NC2CCC(CNC(=O)c3cnnc4ccccc34)CC2)nc2ccccc12. The number of carbonyl (C=O) groups excluding carboxylic acids is 1. The average molecular weight is 456 g/mol. The summed E-state index contributed by atoms with van der Waals surface area (Å²) < 4.78 is 0. The van der Waals surface area contributed by atoms with E-state index in [1.165, 1.54) is 0 Å². The fourth-order valence-electron chi connectivity index (χ4n) is 4.68. The number of hydrogen-bond acceptors (Lipinski definition) is 7. The van der Waals surface area contributed by atoms with E-state index in [1.807, 2.05) is 61.5 Å². The average Bonchev–Trinajstić information content (AvgIpc) is 2.87. The maximum Gasteiger partial charge on any atom is 0.253 e. The minimum Gasteiger partial charge on any atom is -0.362 e. The zero-order valence-electron chi connectivity index (χ0n) is 19.5. The van der Waals surface area contributed by atoms with Crippen LogP contribution in [0.3, 0.4) is 0 Å². The molecule has 1 amide bonds. The van der Waals surface area contributed by atoms with Gasteiger partial charge in [-0.3, -0.25) is 4.79 Å². The third kappa shape index (κ3) is 4.62. The van der Waals surface area contributed by atoms with Crippen LogP contribution in [0.4, 0.5) is 11.8 Å². The number of fused-ring (bicyclic) bond motifs is 2. The van der Waals surface area contributed by atoms with Crippen molar-refractivity contribution in [2.24, 2.45) is 5.92 Å². The van der Waals surface area contributed by atoms with Crippen LogP contribution in [0.2, 0.25) is 0 Å². The van der Waals surface area contributed by atoms with Crippen molar-refractivity contribution in [2.75, 3.05) is 30.9 Å². The van der Waals surface area contributed by atoms with E-state index < -0.39 is 0 Å². The van der Waals surface area contributed by atoms with Gasteiger partial charge in [0.1, 0.15) is 5.82 Å². The Morgan fingerprint density at radius 2 is 1.65 bits per heavy atom. The van der Waals surface area contributed by atoms with E-state index in [0.29, 0.717) is 30.0 Å². The number of carbonyl (C=O) groups is 1. The molecule has 0 aliphatic heterocycles. The van der Waals surface area contributed by atoms with Gasteiger partial charge in [-0.25, -0.2) is 4.98 Å². The number of nitrogens with zero attached hydrogens (tertiary/aromatic N) is 5. The van der Waals surface area contributed by atoms with Gasteiger partial charge in [0.15, 0.2) is 0 Å². The second-order valence-corrected chi connectivity index (χ2v) is 9.13. The monoisotopic (exact) mass is 455 g/mol. The van der Waals surface area contributed by atoms with E-state index >= 15 is 0 Å². The zero-order valence-corrected chi connectivity index (χ0v) is 19.5. The Kier molecular flexibility index (Phi) is 6.20. The fourth-order valence-corrected chi connectivity index (χ4v) is 4.68. The molecule has 2 N–H and O–H groups in total. The molecule has 1 fully saturated rings. The quantitative estimate of drug-likeness (QED) is 0.453. The molecule has 1 aliphatic rings. The number of hydrogen-bond donors (Lipinski definition) is 2. The van der Waals surface area contributed by atoms with E-state index in [-0.39, 0.29) is 5.91 Å². The molecule has 0 radical (unpaired) electrons. The molecule has 2 aromatic carbocycles. The lowest BCUT2D eigenvalue weighted by atomic mass is 9.86. The minimum atomic E-state index is -0.0906. The van der Waals surface area contributed by atoms with Crippen LogP contribution in [0.5, 0.6) is 0 Å². The molecule has 0 unspecified atom stereocenters. The molecule has 2 heterocycles. The van der Waals surface area contributed by atoms with E-state index in [2.05, 4.69) is 26.9 Å². The van der Waals surface area contributed by atoms with Gasteiger partial charge in [-0.15, -0.1) is 0 Å². The first-order valence-electron chi connectivity index (χ1n) is 11.8. The van der Waals surface area contributed by atoms with Gasteiger partial charge < -0.3 is 15.5 Å².